The lowest BCUT2D eigenvalue weighted by molar-refractivity contribution is -0.113. The first kappa shape index (κ1) is 23.1. The second-order valence-electron chi connectivity index (χ2n) is 7.06. The number of nitrogens with zero attached hydrogens (tertiary/aromatic N) is 3. The Morgan fingerprint density at radius 3 is 2.68 bits per heavy atom. The Morgan fingerprint density at radius 2 is 2.00 bits per heavy atom. The van der Waals surface area contributed by atoms with Gasteiger partial charge in [-0.1, -0.05) is 29.4 Å². The zero-order valence-corrected chi connectivity index (χ0v) is 19.4. The van der Waals surface area contributed by atoms with E-state index < -0.39 is 5.82 Å². The molecule has 0 aliphatic carbocycles. The van der Waals surface area contributed by atoms with Gasteiger partial charge in [0, 0.05) is 12.2 Å². The van der Waals surface area contributed by atoms with Gasteiger partial charge >= 0.3 is 0 Å². The van der Waals surface area contributed by atoms with Crippen molar-refractivity contribution in [2.24, 2.45) is 0 Å². The first-order valence-electron chi connectivity index (χ1n) is 9.83. The fourth-order valence-electron chi connectivity index (χ4n) is 2.95. The molecule has 1 unspecified atom stereocenters. The molecule has 0 spiro atoms. The highest BCUT2D eigenvalue weighted by atomic mass is 35.5. The van der Waals surface area contributed by atoms with E-state index in [4.69, 9.17) is 16.3 Å². The van der Waals surface area contributed by atoms with Crippen LogP contribution in [0.15, 0.2) is 41.6 Å². The van der Waals surface area contributed by atoms with Crippen LogP contribution in [0.5, 0.6) is 5.75 Å². The molecule has 0 aliphatic heterocycles. The summed E-state index contributed by atoms with van der Waals surface area (Å²) in [5, 5.41) is 11.8. The van der Waals surface area contributed by atoms with E-state index in [2.05, 4.69) is 22.4 Å². The largest absolute Gasteiger partial charge is 0.483 e. The van der Waals surface area contributed by atoms with Gasteiger partial charge in [-0.3, -0.25) is 4.79 Å². The van der Waals surface area contributed by atoms with Crippen molar-refractivity contribution in [3.8, 4) is 5.75 Å². The van der Waals surface area contributed by atoms with Crippen molar-refractivity contribution in [1.29, 1.82) is 0 Å². The van der Waals surface area contributed by atoms with Gasteiger partial charge in [0.05, 0.1) is 10.8 Å². The monoisotopic (exact) mass is 462 g/mol. The Labute approximate surface area is 190 Å². The molecule has 1 N–H and O–H groups in total. The molecule has 0 radical (unpaired) electrons. The summed E-state index contributed by atoms with van der Waals surface area (Å²) in [6.45, 7) is 8.65. The van der Waals surface area contributed by atoms with E-state index in [0.29, 0.717) is 23.2 Å². The molecule has 1 atom stereocenters. The number of rotatable bonds is 8. The minimum atomic E-state index is -0.533. The van der Waals surface area contributed by atoms with Crippen LogP contribution in [0.4, 0.5) is 10.1 Å². The number of halogens is 2. The molecule has 2 aromatic carbocycles. The van der Waals surface area contributed by atoms with E-state index in [0.717, 1.165) is 11.3 Å². The summed E-state index contributed by atoms with van der Waals surface area (Å²) in [7, 11) is 0. The molecule has 0 saturated carbocycles. The van der Waals surface area contributed by atoms with Crippen molar-refractivity contribution in [3.63, 3.8) is 0 Å². The van der Waals surface area contributed by atoms with Crippen LogP contribution in [0.3, 0.4) is 0 Å². The lowest BCUT2D eigenvalue weighted by Crippen LogP contribution is -2.15. The number of aryl methyl sites for hydroxylation is 2. The lowest BCUT2D eigenvalue weighted by Gasteiger charge is -2.16. The molecule has 3 aromatic rings. The number of hydrogen-bond donors (Lipinski definition) is 1. The molecule has 1 amide bonds. The minimum absolute atomic E-state index is 0.0430. The zero-order chi connectivity index (χ0) is 22.5. The molecule has 1 aromatic heterocycles. The van der Waals surface area contributed by atoms with Gasteiger partial charge in [-0.15, -0.1) is 10.2 Å². The lowest BCUT2D eigenvalue weighted by atomic mass is 10.1. The number of anilines is 1. The van der Waals surface area contributed by atoms with Gasteiger partial charge in [0.15, 0.2) is 17.1 Å². The van der Waals surface area contributed by atoms with E-state index in [9.17, 15) is 9.18 Å². The number of carbonyl (C=O) groups excluding carboxylic acids is 1. The number of thioether (sulfide) groups is 1. The highest BCUT2D eigenvalue weighted by molar-refractivity contribution is 7.99. The topological polar surface area (TPSA) is 69.0 Å². The van der Waals surface area contributed by atoms with Crippen molar-refractivity contribution in [2.75, 3.05) is 11.1 Å². The summed E-state index contributed by atoms with van der Waals surface area (Å²) in [6.07, 6.45) is -0.306. The maximum atomic E-state index is 13.3. The van der Waals surface area contributed by atoms with Crippen LogP contribution in [0.2, 0.25) is 5.02 Å². The Bertz CT molecular complexity index is 1090. The van der Waals surface area contributed by atoms with Crippen molar-refractivity contribution < 1.29 is 13.9 Å². The predicted octanol–water partition coefficient (Wildman–Crippen LogP) is 5.58. The van der Waals surface area contributed by atoms with Crippen LogP contribution >= 0.6 is 23.4 Å². The van der Waals surface area contributed by atoms with Crippen molar-refractivity contribution in [1.82, 2.24) is 14.8 Å². The Kier molecular flexibility index (Phi) is 7.56. The Morgan fingerprint density at radius 1 is 1.23 bits per heavy atom. The van der Waals surface area contributed by atoms with Crippen molar-refractivity contribution in [2.45, 2.75) is 45.5 Å². The minimum Gasteiger partial charge on any atom is -0.483 e. The third-order valence-electron chi connectivity index (χ3n) is 4.75. The van der Waals surface area contributed by atoms with Crippen LogP contribution < -0.4 is 10.1 Å². The molecule has 0 aliphatic rings. The van der Waals surface area contributed by atoms with Gasteiger partial charge in [-0.05, 0) is 69.2 Å². The van der Waals surface area contributed by atoms with E-state index in [1.54, 1.807) is 0 Å². The number of ether oxygens (including phenoxy) is 1. The molecule has 0 bridgehead atoms. The second-order valence-corrected chi connectivity index (χ2v) is 8.41. The number of benzene rings is 2. The number of nitrogens with one attached hydrogen (secondary N) is 1. The van der Waals surface area contributed by atoms with Crippen LogP contribution in [0.25, 0.3) is 0 Å². The van der Waals surface area contributed by atoms with Crippen molar-refractivity contribution in [3.05, 3.63) is 64.2 Å². The average Bonchev–Trinajstić information content (AvgIpc) is 3.15. The molecule has 0 fully saturated rings. The number of hydrogen-bond acceptors (Lipinski definition) is 5. The molecule has 6 nitrogen and oxygen atoms in total. The molecule has 9 heteroatoms. The summed E-state index contributed by atoms with van der Waals surface area (Å²) in [5.41, 5.74) is 2.80. The van der Waals surface area contributed by atoms with Gasteiger partial charge in [0.25, 0.3) is 0 Å². The van der Waals surface area contributed by atoms with E-state index >= 15 is 0 Å². The quantitative estimate of drug-likeness (QED) is 0.442. The molecular formula is C22H24ClFN4O2S. The molecule has 3 rings (SSSR count). The SMILES string of the molecule is CCn1c(SCC(=O)Nc2ccc(F)c(Cl)c2)nnc1C(C)Oc1ccc(C)c(C)c1. The third-order valence-corrected chi connectivity index (χ3v) is 6.01. The molecular weight excluding hydrogens is 439 g/mol. The summed E-state index contributed by atoms with van der Waals surface area (Å²) in [4.78, 5) is 12.3. The van der Waals surface area contributed by atoms with E-state index in [1.165, 1.54) is 35.5 Å². The fraction of sp³-hybridized carbons (Fsp3) is 0.318. The van der Waals surface area contributed by atoms with Gasteiger partial charge in [-0.2, -0.15) is 0 Å². The first-order chi connectivity index (χ1) is 14.8. The van der Waals surface area contributed by atoms with Gasteiger partial charge < -0.3 is 14.6 Å². The van der Waals surface area contributed by atoms with Gasteiger partial charge in [0.2, 0.25) is 5.91 Å². The summed E-state index contributed by atoms with van der Waals surface area (Å²) < 4.78 is 21.2. The third kappa shape index (κ3) is 5.77. The maximum Gasteiger partial charge on any atom is 0.234 e. The first-order valence-corrected chi connectivity index (χ1v) is 11.2. The van der Waals surface area contributed by atoms with Crippen LogP contribution in [0, 0.1) is 19.7 Å². The van der Waals surface area contributed by atoms with Crippen LogP contribution in [-0.4, -0.2) is 26.4 Å². The standard InChI is InChI=1S/C22H24ClFN4O2S/c1-5-28-21(15(4)30-17-8-6-13(2)14(3)10-17)26-27-22(28)31-12-20(29)25-16-7-9-19(24)18(23)11-16/h6-11,15H,5,12H2,1-4H3,(H,25,29). The van der Waals surface area contributed by atoms with Gasteiger partial charge in [0.1, 0.15) is 11.6 Å². The molecule has 0 saturated heterocycles. The average molecular weight is 463 g/mol. The Hall–Kier alpha value is -2.58. The summed E-state index contributed by atoms with van der Waals surface area (Å²) >= 11 is 7.02. The number of amides is 1. The second kappa shape index (κ2) is 10.2. The highest BCUT2D eigenvalue weighted by Gasteiger charge is 2.19. The fourth-order valence-corrected chi connectivity index (χ4v) is 3.94. The van der Waals surface area contributed by atoms with Gasteiger partial charge in [-0.25, -0.2) is 4.39 Å². The van der Waals surface area contributed by atoms with Crippen LogP contribution in [-0.2, 0) is 11.3 Å². The summed E-state index contributed by atoms with van der Waals surface area (Å²) in [5.74, 6) is 0.801. The van der Waals surface area contributed by atoms with Crippen LogP contribution in [0.1, 0.15) is 36.9 Å². The number of carbonyl (C=O) groups is 1. The molecule has 164 valence electrons. The molecule has 31 heavy (non-hydrogen) atoms. The zero-order valence-electron chi connectivity index (χ0n) is 17.8. The van der Waals surface area contributed by atoms with E-state index in [1.807, 2.05) is 43.5 Å². The van der Waals surface area contributed by atoms with E-state index in [-0.39, 0.29) is 22.8 Å². The Balaban J connectivity index is 1.64. The maximum absolute atomic E-state index is 13.3. The highest BCUT2D eigenvalue weighted by Crippen LogP contribution is 2.26. The normalized spacial score (nSPS) is 11.9. The predicted molar refractivity (Wildman–Crippen MR) is 121 cm³/mol. The van der Waals surface area contributed by atoms with Crippen molar-refractivity contribution >= 4 is 35.0 Å². The summed E-state index contributed by atoms with van der Waals surface area (Å²) in [6, 6.07) is 10.0. The number of aromatic nitrogens is 3. The molecule has 1 heterocycles. The smallest absolute Gasteiger partial charge is 0.234 e.